The Morgan fingerprint density at radius 2 is 1.70 bits per heavy atom. The summed E-state index contributed by atoms with van der Waals surface area (Å²) in [5, 5.41) is 2.66. The lowest BCUT2D eigenvalue weighted by atomic mass is 10.1. The Labute approximate surface area is 161 Å². The monoisotopic (exact) mass is 384 g/mol. The Bertz CT molecular complexity index is 905. The molecule has 1 heterocycles. The molecule has 138 valence electrons. The Morgan fingerprint density at radius 1 is 1.04 bits per heavy atom. The van der Waals surface area contributed by atoms with E-state index in [1.54, 1.807) is 36.4 Å². The van der Waals surface area contributed by atoms with Gasteiger partial charge in [0.15, 0.2) is 0 Å². The molecule has 0 aliphatic carbocycles. The second-order valence-corrected chi connectivity index (χ2v) is 6.29. The smallest absolute Gasteiger partial charge is 0.335 e. The molecule has 7 heteroatoms. The molecular weight excluding hydrogens is 368 g/mol. The van der Waals surface area contributed by atoms with Crippen molar-refractivity contribution in [2.45, 2.75) is 13.3 Å². The maximum absolute atomic E-state index is 12.8. The van der Waals surface area contributed by atoms with E-state index in [4.69, 9.17) is 16.3 Å². The molecule has 1 saturated heterocycles. The average Bonchev–Trinajstić information content (AvgIpc) is 2.66. The van der Waals surface area contributed by atoms with Crippen LogP contribution in [0.5, 0.6) is 5.75 Å². The van der Waals surface area contributed by atoms with Gasteiger partial charge in [-0.3, -0.25) is 14.9 Å². The van der Waals surface area contributed by atoms with Crippen LogP contribution in [0.25, 0.3) is 6.08 Å². The number of nitrogens with zero attached hydrogens (tertiary/aromatic N) is 1. The second kappa shape index (κ2) is 8.05. The van der Waals surface area contributed by atoms with Crippen molar-refractivity contribution in [1.29, 1.82) is 0 Å². The van der Waals surface area contributed by atoms with E-state index in [0.717, 1.165) is 11.3 Å². The van der Waals surface area contributed by atoms with Crippen molar-refractivity contribution in [3.05, 3.63) is 64.7 Å². The predicted octanol–water partition coefficient (Wildman–Crippen LogP) is 3.80. The Kier molecular flexibility index (Phi) is 5.57. The molecule has 2 aromatic carbocycles. The number of halogens is 1. The van der Waals surface area contributed by atoms with Crippen molar-refractivity contribution in [3.8, 4) is 5.75 Å². The van der Waals surface area contributed by atoms with Gasteiger partial charge < -0.3 is 4.74 Å². The van der Waals surface area contributed by atoms with Crippen LogP contribution in [0, 0.1) is 0 Å². The SMILES string of the molecule is CCCOc1ccc(/C=C2\C(=O)NC(=O)N(c3ccc(Cl)cc3)C2=O)cc1. The van der Waals surface area contributed by atoms with Crippen LogP contribution in [0.4, 0.5) is 10.5 Å². The third-order valence-electron chi connectivity index (χ3n) is 3.85. The number of anilines is 1. The summed E-state index contributed by atoms with van der Waals surface area (Å²) in [5.41, 5.74) is 0.832. The summed E-state index contributed by atoms with van der Waals surface area (Å²) in [6.07, 6.45) is 2.34. The molecule has 0 aromatic heterocycles. The van der Waals surface area contributed by atoms with Crippen molar-refractivity contribution in [3.63, 3.8) is 0 Å². The summed E-state index contributed by atoms with van der Waals surface area (Å²) in [5.74, 6) is -0.727. The van der Waals surface area contributed by atoms with E-state index in [9.17, 15) is 14.4 Å². The molecule has 6 nitrogen and oxygen atoms in total. The van der Waals surface area contributed by atoms with Crippen molar-refractivity contribution in [2.75, 3.05) is 11.5 Å². The highest BCUT2D eigenvalue weighted by atomic mass is 35.5. The van der Waals surface area contributed by atoms with Gasteiger partial charge in [-0.25, -0.2) is 9.69 Å². The van der Waals surface area contributed by atoms with Gasteiger partial charge >= 0.3 is 6.03 Å². The summed E-state index contributed by atoms with van der Waals surface area (Å²) < 4.78 is 5.51. The van der Waals surface area contributed by atoms with Gasteiger partial charge in [0.05, 0.1) is 12.3 Å². The van der Waals surface area contributed by atoms with Crippen molar-refractivity contribution >= 4 is 41.2 Å². The zero-order valence-electron chi connectivity index (χ0n) is 14.6. The molecule has 4 amide bonds. The van der Waals surface area contributed by atoms with Crippen LogP contribution >= 0.6 is 11.6 Å². The van der Waals surface area contributed by atoms with Crippen molar-refractivity contribution in [1.82, 2.24) is 5.32 Å². The number of rotatable bonds is 5. The molecule has 0 saturated carbocycles. The van der Waals surface area contributed by atoms with Gasteiger partial charge in [0.25, 0.3) is 11.8 Å². The lowest BCUT2D eigenvalue weighted by Gasteiger charge is -2.26. The largest absolute Gasteiger partial charge is 0.494 e. The molecule has 0 bridgehead atoms. The summed E-state index contributed by atoms with van der Waals surface area (Å²) in [4.78, 5) is 38.0. The van der Waals surface area contributed by atoms with Gasteiger partial charge in [0.1, 0.15) is 11.3 Å². The fourth-order valence-electron chi connectivity index (χ4n) is 2.53. The fraction of sp³-hybridized carbons (Fsp3) is 0.150. The number of benzene rings is 2. The molecule has 1 aliphatic heterocycles. The first kappa shape index (κ1) is 18.7. The molecule has 3 rings (SSSR count). The van der Waals surface area contributed by atoms with E-state index in [1.165, 1.54) is 18.2 Å². The van der Waals surface area contributed by atoms with Gasteiger partial charge in [-0.1, -0.05) is 30.7 Å². The minimum absolute atomic E-state index is 0.133. The normalized spacial score (nSPS) is 15.9. The van der Waals surface area contributed by atoms with Crippen LogP contribution in [0.15, 0.2) is 54.1 Å². The standard InChI is InChI=1S/C20H17ClN2O4/c1-2-11-27-16-9-3-13(4-10-16)12-17-18(24)22-20(26)23(19(17)25)15-7-5-14(21)6-8-15/h3-10,12H,2,11H2,1H3,(H,22,24,26)/b17-12+. The lowest BCUT2D eigenvalue weighted by molar-refractivity contribution is -0.122. The molecule has 1 fully saturated rings. The Balaban J connectivity index is 1.88. The van der Waals surface area contributed by atoms with E-state index in [1.807, 2.05) is 6.92 Å². The molecule has 1 N–H and O–H groups in total. The van der Waals surface area contributed by atoms with Gasteiger partial charge in [-0.15, -0.1) is 0 Å². The highest BCUT2D eigenvalue weighted by Crippen LogP contribution is 2.24. The van der Waals surface area contributed by atoms with Crippen LogP contribution in [-0.2, 0) is 9.59 Å². The minimum atomic E-state index is -0.798. The Hall–Kier alpha value is -3.12. The molecule has 0 unspecified atom stereocenters. The van der Waals surface area contributed by atoms with Crippen molar-refractivity contribution < 1.29 is 19.1 Å². The van der Waals surface area contributed by atoms with Crippen LogP contribution in [0.1, 0.15) is 18.9 Å². The van der Waals surface area contributed by atoms with Gasteiger partial charge in [-0.05, 0) is 54.5 Å². The highest BCUT2D eigenvalue weighted by molar-refractivity contribution is 6.39. The number of nitrogens with one attached hydrogen (secondary N) is 1. The number of ether oxygens (including phenoxy) is 1. The number of urea groups is 1. The Morgan fingerprint density at radius 3 is 2.33 bits per heavy atom. The van der Waals surface area contributed by atoms with Crippen LogP contribution < -0.4 is 15.0 Å². The first-order valence-electron chi connectivity index (χ1n) is 8.39. The lowest BCUT2D eigenvalue weighted by Crippen LogP contribution is -2.54. The van der Waals surface area contributed by atoms with Crippen LogP contribution in [-0.4, -0.2) is 24.5 Å². The van der Waals surface area contributed by atoms with Crippen LogP contribution in [0.2, 0.25) is 5.02 Å². The number of hydrogen-bond acceptors (Lipinski definition) is 4. The zero-order chi connectivity index (χ0) is 19.4. The summed E-state index contributed by atoms with van der Waals surface area (Å²) >= 11 is 5.85. The molecule has 27 heavy (non-hydrogen) atoms. The number of carbonyl (C=O) groups excluding carboxylic acids is 3. The zero-order valence-corrected chi connectivity index (χ0v) is 15.3. The number of barbiturate groups is 1. The molecule has 2 aromatic rings. The third-order valence-corrected chi connectivity index (χ3v) is 4.10. The molecule has 0 radical (unpaired) electrons. The molecule has 0 spiro atoms. The van der Waals surface area contributed by atoms with E-state index in [0.29, 0.717) is 28.6 Å². The molecule has 0 atom stereocenters. The first-order valence-corrected chi connectivity index (χ1v) is 8.77. The quantitative estimate of drug-likeness (QED) is 0.628. The summed E-state index contributed by atoms with van der Waals surface area (Å²) in [6.45, 7) is 2.62. The topological polar surface area (TPSA) is 75.7 Å². The number of imide groups is 2. The second-order valence-electron chi connectivity index (χ2n) is 5.85. The minimum Gasteiger partial charge on any atom is -0.494 e. The fourth-order valence-corrected chi connectivity index (χ4v) is 2.65. The van der Waals surface area contributed by atoms with Gasteiger partial charge in [-0.2, -0.15) is 0 Å². The maximum Gasteiger partial charge on any atom is 0.335 e. The van der Waals surface area contributed by atoms with E-state index >= 15 is 0 Å². The molecule has 1 aliphatic rings. The number of amides is 4. The number of carbonyl (C=O) groups is 3. The summed E-state index contributed by atoms with van der Waals surface area (Å²) in [6, 6.07) is 12.4. The van der Waals surface area contributed by atoms with Gasteiger partial charge in [0, 0.05) is 5.02 Å². The number of hydrogen-bond donors (Lipinski definition) is 1. The summed E-state index contributed by atoms with van der Waals surface area (Å²) in [7, 11) is 0. The van der Waals surface area contributed by atoms with E-state index in [2.05, 4.69) is 5.32 Å². The maximum atomic E-state index is 12.8. The highest BCUT2D eigenvalue weighted by Gasteiger charge is 2.36. The predicted molar refractivity (Wildman–Crippen MR) is 103 cm³/mol. The van der Waals surface area contributed by atoms with E-state index in [-0.39, 0.29) is 5.57 Å². The van der Waals surface area contributed by atoms with Crippen LogP contribution in [0.3, 0.4) is 0 Å². The molecular formula is C20H17ClN2O4. The van der Waals surface area contributed by atoms with Crippen molar-refractivity contribution in [2.24, 2.45) is 0 Å². The average molecular weight is 385 g/mol. The van der Waals surface area contributed by atoms with E-state index < -0.39 is 17.8 Å². The van der Waals surface area contributed by atoms with Gasteiger partial charge in [0.2, 0.25) is 0 Å². The first-order chi connectivity index (χ1) is 13.0. The third kappa shape index (κ3) is 4.17.